The fourth-order valence-corrected chi connectivity index (χ4v) is 2.54. The molecule has 1 aliphatic heterocycles. The fourth-order valence-electron chi connectivity index (χ4n) is 2.54. The van der Waals surface area contributed by atoms with Gasteiger partial charge in [0.25, 0.3) is 5.56 Å². The van der Waals surface area contributed by atoms with Crippen molar-refractivity contribution in [1.82, 2.24) is 19.5 Å². The van der Waals surface area contributed by atoms with Crippen molar-refractivity contribution < 1.29 is 19.0 Å². The Bertz CT molecular complexity index is 846. The number of aromatic nitrogens is 4. The van der Waals surface area contributed by atoms with E-state index >= 15 is 0 Å². The summed E-state index contributed by atoms with van der Waals surface area (Å²) < 4.78 is 26.5. The van der Waals surface area contributed by atoms with Crippen molar-refractivity contribution in [3.63, 3.8) is 0 Å². The molecule has 0 spiro atoms. The molecule has 4 N–H and O–H groups in total. The highest BCUT2D eigenvalue weighted by molar-refractivity contribution is 5.70. The first-order valence-corrected chi connectivity index (χ1v) is 6.82. The monoisotopic (exact) mass is 340 g/mol. The van der Waals surface area contributed by atoms with Crippen molar-refractivity contribution in [2.75, 3.05) is 19.1 Å². The Morgan fingerprint density at radius 2 is 2.46 bits per heavy atom. The SMILES string of the molecule is [N-]=[N+]=NCO[C@H]1[C@@H](F)[C@H](n2cnc3c(=O)[nH]c(N)nc32)O[C@@H]1CO. The number of rotatable bonds is 5. The van der Waals surface area contributed by atoms with Gasteiger partial charge in [0.15, 0.2) is 23.6 Å². The molecule has 0 unspecified atom stereocenters. The number of alkyl halides is 1. The second kappa shape index (κ2) is 6.41. The normalized spacial score (nSPS) is 26.6. The third kappa shape index (κ3) is 2.65. The number of azide groups is 1. The van der Waals surface area contributed by atoms with Crippen molar-refractivity contribution in [3.8, 4) is 0 Å². The van der Waals surface area contributed by atoms with Crippen LogP contribution in [0.4, 0.5) is 10.3 Å². The van der Waals surface area contributed by atoms with Crippen LogP contribution in [-0.2, 0) is 9.47 Å². The summed E-state index contributed by atoms with van der Waals surface area (Å²) in [6, 6.07) is 0. The average Bonchev–Trinajstić information content (AvgIpc) is 3.09. The maximum absolute atomic E-state index is 14.7. The molecule has 1 fully saturated rings. The van der Waals surface area contributed by atoms with E-state index in [2.05, 4.69) is 25.0 Å². The first-order chi connectivity index (χ1) is 11.6. The third-order valence-corrected chi connectivity index (χ3v) is 3.56. The van der Waals surface area contributed by atoms with E-state index in [1.165, 1.54) is 10.9 Å². The van der Waals surface area contributed by atoms with Gasteiger partial charge in [-0.3, -0.25) is 14.3 Å². The molecule has 0 aliphatic carbocycles. The number of nitrogens with two attached hydrogens (primary N) is 1. The summed E-state index contributed by atoms with van der Waals surface area (Å²) in [5, 5.41) is 12.5. The summed E-state index contributed by atoms with van der Waals surface area (Å²) in [4.78, 5) is 24.4. The highest BCUT2D eigenvalue weighted by atomic mass is 19.1. The predicted octanol–water partition coefficient (Wildman–Crippen LogP) is -0.417. The molecule has 0 amide bonds. The van der Waals surface area contributed by atoms with Gasteiger partial charge >= 0.3 is 0 Å². The number of imidazole rings is 1. The topological polar surface area (TPSA) is 177 Å². The van der Waals surface area contributed by atoms with Crippen LogP contribution in [0.3, 0.4) is 0 Å². The van der Waals surface area contributed by atoms with Crippen molar-refractivity contribution in [1.29, 1.82) is 0 Å². The molecule has 1 saturated heterocycles. The Hall–Kier alpha value is -2.73. The van der Waals surface area contributed by atoms with Gasteiger partial charge < -0.3 is 20.3 Å². The van der Waals surface area contributed by atoms with Crippen molar-refractivity contribution in [3.05, 3.63) is 27.1 Å². The zero-order valence-corrected chi connectivity index (χ0v) is 12.1. The molecule has 3 rings (SSSR count). The van der Waals surface area contributed by atoms with Crippen LogP contribution in [0.1, 0.15) is 6.23 Å². The maximum Gasteiger partial charge on any atom is 0.280 e. The highest BCUT2D eigenvalue weighted by Crippen LogP contribution is 2.34. The number of aromatic amines is 1. The number of nitrogens with zero attached hydrogens (tertiary/aromatic N) is 6. The molecule has 3 heterocycles. The van der Waals surface area contributed by atoms with Gasteiger partial charge in [-0.05, 0) is 5.53 Å². The minimum absolute atomic E-state index is 0.0287. The van der Waals surface area contributed by atoms with E-state index in [4.69, 9.17) is 20.7 Å². The standard InChI is InChI=1S/C11H13FN8O4/c12-5-7(23-3-16-19-14)4(1-21)24-10(5)20-2-15-6-8(20)17-11(13)18-9(6)22/h2,4-5,7,10,21H,1,3H2,(H3,13,17,18,22)/t4-,5-,7-,10-/m1/s1. The van der Waals surface area contributed by atoms with Gasteiger partial charge in [0.1, 0.15) is 18.9 Å². The van der Waals surface area contributed by atoms with E-state index in [-0.39, 0.29) is 17.1 Å². The molecular formula is C11H13FN8O4. The second-order valence-corrected chi connectivity index (χ2v) is 4.96. The Balaban J connectivity index is 1.95. The first-order valence-electron chi connectivity index (χ1n) is 6.82. The smallest absolute Gasteiger partial charge is 0.280 e. The minimum atomic E-state index is -1.73. The minimum Gasteiger partial charge on any atom is -0.394 e. The highest BCUT2D eigenvalue weighted by Gasteiger charge is 2.47. The zero-order chi connectivity index (χ0) is 17.3. The lowest BCUT2D eigenvalue weighted by atomic mass is 10.1. The molecule has 2 aromatic rings. The number of hydrogen-bond donors (Lipinski definition) is 3. The van der Waals surface area contributed by atoms with Crippen molar-refractivity contribution in [2.24, 2.45) is 5.11 Å². The number of fused-ring (bicyclic) bond motifs is 1. The fraction of sp³-hybridized carbons (Fsp3) is 0.545. The Morgan fingerprint density at radius 3 is 3.17 bits per heavy atom. The van der Waals surface area contributed by atoms with E-state index in [1.54, 1.807) is 0 Å². The van der Waals surface area contributed by atoms with Crippen LogP contribution in [0, 0.1) is 0 Å². The van der Waals surface area contributed by atoms with Crippen LogP contribution in [0.25, 0.3) is 21.6 Å². The quantitative estimate of drug-likeness (QED) is 0.376. The maximum atomic E-state index is 14.7. The van der Waals surface area contributed by atoms with Crippen LogP contribution < -0.4 is 11.3 Å². The molecule has 0 saturated carbocycles. The summed E-state index contributed by atoms with van der Waals surface area (Å²) in [7, 11) is 0. The van der Waals surface area contributed by atoms with Gasteiger partial charge in [0, 0.05) is 4.91 Å². The summed E-state index contributed by atoms with van der Waals surface area (Å²) in [5.41, 5.74) is 13.2. The summed E-state index contributed by atoms with van der Waals surface area (Å²) in [5.74, 6) is -0.155. The molecule has 13 heteroatoms. The molecule has 0 radical (unpaired) electrons. The molecule has 2 aromatic heterocycles. The third-order valence-electron chi connectivity index (χ3n) is 3.56. The number of ether oxygens (including phenoxy) is 2. The Labute approximate surface area is 132 Å². The van der Waals surface area contributed by atoms with Crippen LogP contribution in [0.5, 0.6) is 0 Å². The predicted molar refractivity (Wildman–Crippen MR) is 77.3 cm³/mol. The molecule has 24 heavy (non-hydrogen) atoms. The van der Waals surface area contributed by atoms with Gasteiger partial charge in [0.05, 0.1) is 12.9 Å². The lowest BCUT2D eigenvalue weighted by molar-refractivity contribution is -0.0594. The number of aliphatic hydroxyl groups is 1. The van der Waals surface area contributed by atoms with Gasteiger partial charge in [0.2, 0.25) is 5.95 Å². The van der Waals surface area contributed by atoms with Crippen molar-refractivity contribution >= 4 is 17.1 Å². The molecule has 4 atom stereocenters. The lowest BCUT2D eigenvalue weighted by Gasteiger charge is -2.17. The van der Waals surface area contributed by atoms with Crippen LogP contribution in [0.15, 0.2) is 16.2 Å². The van der Waals surface area contributed by atoms with E-state index in [0.717, 1.165) is 0 Å². The second-order valence-electron chi connectivity index (χ2n) is 4.96. The summed E-state index contributed by atoms with van der Waals surface area (Å²) >= 11 is 0. The molecule has 0 bridgehead atoms. The van der Waals surface area contributed by atoms with E-state index in [0.29, 0.717) is 0 Å². The summed E-state index contributed by atoms with van der Waals surface area (Å²) in [6.45, 7) is -0.926. The largest absolute Gasteiger partial charge is 0.394 e. The number of aliphatic hydroxyl groups excluding tert-OH is 1. The van der Waals surface area contributed by atoms with E-state index in [9.17, 15) is 14.3 Å². The molecule has 0 aromatic carbocycles. The van der Waals surface area contributed by atoms with Gasteiger partial charge in [-0.25, -0.2) is 9.37 Å². The zero-order valence-electron chi connectivity index (χ0n) is 12.1. The van der Waals surface area contributed by atoms with Crippen molar-refractivity contribution in [2.45, 2.75) is 24.6 Å². The van der Waals surface area contributed by atoms with E-state index < -0.39 is 43.5 Å². The van der Waals surface area contributed by atoms with Gasteiger partial charge in [-0.1, -0.05) is 5.11 Å². The average molecular weight is 340 g/mol. The molecule has 12 nitrogen and oxygen atoms in total. The van der Waals surface area contributed by atoms with Crippen LogP contribution >= 0.6 is 0 Å². The Kier molecular flexibility index (Phi) is 4.31. The van der Waals surface area contributed by atoms with E-state index in [1.807, 2.05) is 0 Å². The summed E-state index contributed by atoms with van der Waals surface area (Å²) in [6.07, 6.45) is -3.93. The molecule has 128 valence electrons. The van der Waals surface area contributed by atoms with Gasteiger partial charge in [-0.15, -0.1) is 0 Å². The Morgan fingerprint density at radius 1 is 1.67 bits per heavy atom. The molecule has 1 aliphatic rings. The number of H-pyrrole nitrogens is 1. The number of anilines is 1. The number of halogens is 1. The number of hydrogen-bond acceptors (Lipinski definition) is 8. The lowest BCUT2D eigenvalue weighted by Crippen LogP contribution is -2.34. The molecular weight excluding hydrogens is 327 g/mol. The van der Waals surface area contributed by atoms with Crippen LogP contribution in [-0.4, -0.2) is 56.3 Å². The van der Waals surface area contributed by atoms with Gasteiger partial charge in [-0.2, -0.15) is 4.98 Å². The number of nitrogens with one attached hydrogen (secondary N) is 1. The van der Waals surface area contributed by atoms with Crippen LogP contribution in [0.2, 0.25) is 0 Å². The number of nitrogen functional groups attached to an aromatic ring is 1. The first kappa shape index (κ1) is 16.1.